The standard InChI is InChI=1S/C36H34O2.2C34H30O2.C32H26O2/c1-7-35(3,4)25-11-9-21-15-27-29-19-34-30(20-33(29)37-31(27)17-23(21)13-25)28-16-22-10-12-26(36(5,6)8-2)14-24(22)18-32(28)38-34;1-33(2,3)23-9-7-19-13-25-27-17-32-28(18-31(27)35-29(25)15-21(19)11-23)26-14-20-8-10-24(34(4,5)6)12-22(20)16-30(26)36-32;1-5-19(3)21-7-9-23-13-27-29-17-34-30(18-33(29)35-31(27)15-25(23)11-21)28-14-24-10-8-22(20(4)6-2)12-26(24)16-32(28)36-34;1-17(2)19-5-7-21-11-25-27-15-32-28(16-31(27)33-29(25)13-23(21)9-19)26-12-22-8-6-20(18(3)4)10-24(22)14-30(26)34-32/h9-20H,7-8H2,1-6H3;7-18H,1-6H3;7-20H,5-6H2,1-4H3;5-18H,1-4H3. The molecule has 0 bridgehead atoms. The van der Waals surface area contributed by atoms with Crippen molar-refractivity contribution >= 4 is 262 Å². The van der Waals surface area contributed by atoms with E-state index >= 15 is 0 Å². The van der Waals surface area contributed by atoms with Gasteiger partial charge in [0, 0.05) is 86.2 Å². The molecule has 8 aromatic heterocycles. The second-order valence-corrected chi connectivity index (χ2v) is 45.6. The SMILES string of the molecule is CC(C)(C)c1ccc2cc3c(cc2c1)oc1cc2c(cc13)oc1cc3cc(C(C)(C)C)ccc3cc12.CC(C)c1ccc2cc3c(cc2c1)oc1cc2c(cc13)oc1cc3cc(C(C)C)ccc3cc12.CCC(C)(C)c1ccc2cc3c(cc2c1)oc1cc2c(cc13)oc1cc3cc(C(C)(C)CC)ccc3cc12.CCC(C)c1ccc2cc3c(cc2c1)oc1cc2c(cc13)oc1cc3cc(C(C)CC)ccc3cc12. The molecule has 144 heavy (non-hydrogen) atoms. The average Bonchev–Trinajstić information content (AvgIpc) is 1.58. The third-order valence-electron chi connectivity index (χ3n) is 32.8. The van der Waals surface area contributed by atoms with Gasteiger partial charge in [-0.05, 0) is 347 Å². The molecule has 8 heteroatoms. The van der Waals surface area contributed by atoms with Gasteiger partial charge in [-0.25, -0.2) is 0 Å². The Morgan fingerprint density at radius 3 is 0.514 bits per heavy atom. The molecule has 20 aromatic carbocycles. The molecule has 0 saturated heterocycles. The molecule has 0 aliphatic rings. The summed E-state index contributed by atoms with van der Waals surface area (Å²) >= 11 is 0. The predicted molar refractivity (Wildman–Crippen MR) is 614 cm³/mol. The molecular formula is C136H120O8. The third kappa shape index (κ3) is 15.3. The highest BCUT2D eigenvalue weighted by Gasteiger charge is 2.27. The lowest BCUT2D eigenvalue weighted by Crippen LogP contribution is -2.15. The van der Waals surface area contributed by atoms with Gasteiger partial charge >= 0.3 is 0 Å². The minimum atomic E-state index is 0.112. The molecular weight excluding hydrogens is 1760 g/mol. The summed E-state index contributed by atoms with van der Waals surface area (Å²) in [5.41, 5.74) is 26.0. The maximum absolute atomic E-state index is 6.45. The first-order chi connectivity index (χ1) is 69.2. The molecule has 0 saturated carbocycles. The molecule has 0 N–H and O–H groups in total. The molecule has 0 spiro atoms. The van der Waals surface area contributed by atoms with E-state index in [1.807, 2.05) is 0 Å². The quantitative estimate of drug-likeness (QED) is 0.133. The number of hydrogen-bond acceptors (Lipinski definition) is 8. The van der Waals surface area contributed by atoms with Crippen molar-refractivity contribution in [3.05, 3.63) is 336 Å². The van der Waals surface area contributed by atoms with Crippen molar-refractivity contribution in [2.75, 3.05) is 0 Å². The van der Waals surface area contributed by atoms with Gasteiger partial charge in [-0.3, -0.25) is 0 Å². The van der Waals surface area contributed by atoms with E-state index in [0.717, 1.165) is 201 Å². The summed E-state index contributed by atoms with van der Waals surface area (Å²) in [4.78, 5) is 0. The van der Waals surface area contributed by atoms with Crippen molar-refractivity contribution in [1.82, 2.24) is 0 Å². The van der Waals surface area contributed by atoms with Crippen molar-refractivity contribution in [3.63, 3.8) is 0 Å². The fourth-order valence-corrected chi connectivity index (χ4v) is 22.2. The van der Waals surface area contributed by atoms with Gasteiger partial charge in [0.15, 0.2) is 0 Å². The van der Waals surface area contributed by atoms with Gasteiger partial charge in [0.1, 0.15) is 89.3 Å². The summed E-state index contributed by atoms with van der Waals surface area (Å²) in [6.45, 7) is 45.2. The van der Waals surface area contributed by atoms with E-state index in [9.17, 15) is 0 Å². The highest BCUT2D eigenvalue weighted by atomic mass is 16.4. The van der Waals surface area contributed by atoms with Crippen molar-refractivity contribution in [1.29, 1.82) is 0 Å². The third-order valence-corrected chi connectivity index (χ3v) is 32.8. The lowest BCUT2D eigenvalue weighted by Gasteiger charge is -2.23. The summed E-state index contributed by atoms with van der Waals surface area (Å²) < 4.78 is 51.3. The minimum Gasteiger partial charge on any atom is -0.456 e. The van der Waals surface area contributed by atoms with Crippen LogP contribution < -0.4 is 0 Å². The molecule has 8 nitrogen and oxygen atoms in total. The van der Waals surface area contributed by atoms with Crippen LogP contribution in [-0.2, 0) is 21.7 Å². The zero-order valence-corrected chi connectivity index (χ0v) is 86.1. The lowest BCUT2D eigenvalue weighted by molar-refractivity contribution is 0.507. The number of furan rings is 8. The van der Waals surface area contributed by atoms with Gasteiger partial charge < -0.3 is 35.3 Å². The van der Waals surface area contributed by atoms with E-state index < -0.39 is 0 Å². The van der Waals surface area contributed by atoms with Crippen LogP contribution in [0.5, 0.6) is 0 Å². The van der Waals surface area contributed by atoms with E-state index in [0.29, 0.717) is 23.7 Å². The molecule has 28 rings (SSSR count). The molecule has 2 atom stereocenters. The van der Waals surface area contributed by atoms with E-state index in [1.165, 1.54) is 131 Å². The Balaban J connectivity index is 0.000000101. The van der Waals surface area contributed by atoms with Crippen LogP contribution in [0.15, 0.2) is 327 Å². The van der Waals surface area contributed by atoms with Gasteiger partial charge in [-0.15, -0.1) is 0 Å². The summed E-state index contributed by atoms with van der Waals surface area (Å²) in [5, 5.41) is 37.5. The average molecular weight is 1880 g/mol. The molecule has 8 heterocycles. The molecule has 712 valence electrons. The number of fused-ring (bicyclic) bond motifs is 32. The second kappa shape index (κ2) is 33.2. The van der Waals surface area contributed by atoms with Crippen LogP contribution in [0.2, 0.25) is 0 Å². The van der Waals surface area contributed by atoms with Crippen LogP contribution in [-0.4, -0.2) is 0 Å². The van der Waals surface area contributed by atoms with Gasteiger partial charge in [0.05, 0.1) is 0 Å². The molecule has 2 unspecified atom stereocenters. The highest BCUT2D eigenvalue weighted by molar-refractivity contribution is 6.24. The van der Waals surface area contributed by atoms with E-state index in [-0.39, 0.29) is 21.7 Å². The van der Waals surface area contributed by atoms with Crippen molar-refractivity contribution < 1.29 is 35.3 Å². The van der Waals surface area contributed by atoms with Gasteiger partial charge in [0.2, 0.25) is 0 Å². The summed E-state index contributed by atoms with van der Waals surface area (Å²) in [6, 6.07) is 107. The Bertz CT molecular complexity index is 9650. The smallest absolute Gasteiger partial charge is 0.136 e. The van der Waals surface area contributed by atoms with E-state index in [4.69, 9.17) is 35.3 Å². The van der Waals surface area contributed by atoms with Gasteiger partial charge in [0.25, 0.3) is 0 Å². The first-order valence-electron chi connectivity index (χ1n) is 52.0. The van der Waals surface area contributed by atoms with E-state index in [2.05, 4.69) is 430 Å². The van der Waals surface area contributed by atoms with Gasteiger partial charge in [-0.1, -0.05) is 284 Å². The van der Waals surface area contributed by atoms with Gasteiger partial charge in [-0.2, -0.15) is 0 Å². The largest absolute Gasteiger partial charge is 0.456 e. The first kappa shape index (κ1) is 90.2. The predicted octanol–water partition coefficient (Wildman–Crippen LogP) is 42.4. The Labute approximate surface area is 836 Å². The van der Waals surface area contributed by atoms with Crippen LogP contribution in [0, 0.1) is 0 Å². The van der Waals surface area contributed by atoms with Crippen LogP contribution in [0.1, 0.15) is 232 Å². The molecule has 0 aliphatic heterocycles. The summed E-state index contributed by atoms with van der Waals surface area (Å²) in [7, 11) is 0. The molecule has 0 aliphatic carbocycles. The lowest BCUT2D eigenvalue weighted by atomic mass is 9.81. The number of rotatable bonds is 10. The van der Waals surface area contributed by atoms with Crippen LogP contribution in [0.25, 0.3) is 262 Å². The van der Waals surface area contributed by atoms with E-state index in [1.54, 1.807) is 0 Å². The molecule has 0 fully saturated rings. The first-order valence-corrected chi connectivity index (χ1v) is 52.0. The normalized spacial score (nSPS) is 13.3. The number of hydrogen-bond donors (Lipinski definition) is 0. The fraction of sp³-hybridized carbons (Fsp3) is 0.235. The van der Waals surface area contributed by atoms with Crippen LogP contribution in [0.4, 0.5) is 0 Å². The maximum atomic E-state index is 6.45. The van der Waals surface area contributed by atoms with Crippen molar-refractivity contribution in [2.45, 2.75) is 209 Å². The van der Waals surface area contributed by atoms with Crippen molar-refractivity contribution in [3.8, 4) is 0 Å². The second-order valence-electron chi connectivity index (χ2n) is 45.6. The monoisotopic (exact) mass is 1880 g/mol. The Morgan fingerprint density at radius 2 is 0.326 bits per heavy atom. The Kier molecular flexibility index (Phi) is 20.8. The molecule has 0 amide bonds. The fourth-order valence-electron chi connectivity index (χ4n) is 22.2. The van der Waals surface area contributed by atoms with Crippen LogP contribution in [0.3, 0.4) is 0 Å². The molecule has 0 radical (unpaired) electrons. The summed E-state index contributed by atoms with van der Waals surface area (Å²) in [5.74, 6) is 2.12. The maximum Gasteiger partial charge on any atom is 0.136 e. The zero-order valence-electron chi connectivity index (χ0n) is 86.1. The minimum absolute atomic E-state index is 0.112. The number of benzene rings is 20. The van der Waals surface area contributed by atoms with Crippen molar-refractivity contribution in [2.24, 2.45) is 0 Å². The topological polar surface area (TPSA) is 105 Å². The molecule has 28 aromatic rings. The highest BCUT2D eigenvalue weighted by Crippen LogP contribution is 2.49. The Morgan fingerprint density at radius 1 is 0.167 bits per heavy atom. The summed E-state index contributed by atoms with van der Waals surface area (Å²) in [6.07, 6.45) is 4.48. The zero-order chi connectivity index (χ0) is 99.1. The van der Waals surface area contributed by atoms with Crippen LogP contribution >= 0.6 is 0 Å². The Hall–Kier alpha value is -15.1.